The van der Waals surface area contributed by atoms with Gasteiger partial charge >= 0.3 is 11.9 Å². The van der Waals surface area contributed by atoms with Crippen molar-refractivity contribution in [3.05, 3.63) is 59.7 Å². The Morgan fingerprint density at radius 2 is 1.67 bits per heavy atom. The minimum Gasteiger partial charge on any atom is -0.497 e. The highest BCUT2D eigenvalue weighted by atomic mass is 16.6. The first kappa shape index (κ1) is 17.1. The molecule has 0 aliphatic carbocycles. The van der Waals surface area contributed by atoms with Crippen molar-refractivity contribution in [2.75, 3.05) is 14.2 Å². The molecule has 0 saturated carbocycles. The zero-order valence-corrected chi connectivity index (χ0v) is 13.2. The van der Waals surface area contributed by atoms with E-state index in [-0.39, 0.29) is 5.75 Å². The summed E-state index contributed by atoms with van der Waals surface area (Å²) in [5.74, 6) is -0.386. The number of aliphatic carboxylic acids is 1. The van der Waals surface area contributed by atoms with Gasteiger partial charge in [-0.2, -0.15) is 0 Å². The fourth-order valence-corrected chi connectivity index (χ4v) is 1.93. The van der Waals surface area contributed by atoms with Crippen LogP contribution in [0.2, 0.25) is 0 Å². The van der Waals surface area contributed by atoms with Crippen molar-refractivity contribution in [3.8, 4) is 17.2 Å². The number of hydrogen-bond acceptors (Lipinski definition) is 5. The fraction of sp³-hybridized carbons (Fsp3) is 0.111. The molecule has 1 N–H and O–H groups in total. The van der Waals surface area contributed by atoms with Gasteiger partial charge in [-0.25, -0.2) is 9.59 Å². The van der Waals surface area contributed by atoms with Crippen molar-refractivity contribution in [1.82, 2.24) is 0 Å². The molecule has 0 aromatic heterocycles. The molecule has 0 heterocycles. The van der Waals surface area contributed by atoms with E-state index in [0.717, 1.165) is 6.08 Å². The Morgan fingerprint density at radius 1 is 0.958 bits per heavy atom. The monoisotopic (exact) mass is 328 g/mol. The van der Waals surface area contributed by atoms with Gasteiger partial charge in [-0.1, -0.05) is 6.07 Å². The summed E-state index contributed by atoms with van der Waals surface area (Å²) in [6, 6.07) is 11.3. The summed E-state index contributed by atoms with van der Waals surface area (Å²) in [5, 5.41) is 8.64. The van der Waals surface area contributed by atoms with E-state index in [1.54, 1.807) is 49.6 Å². The molecule has 0 aliphatic rings. The third-order valence-electron chi connectivity index (χ3n) is 3.13. The second-order valence-electron chi connectivity index (χ2n) is 4.70. The lowest BCUT2D eigenvalue weighted by atomic mass is 10.2. The van der Waals surface area contributed by atoms with Crippen LogP contribution in [0.4, 0.5) is 0 Å². The maximum atomic E-state index is 12.2. The van der Waals surface area contributed by atoms with Crippen LogP contribution in [0.1, 0.15) is 15.9 Å². The van der Waals surface area contributed by atoms with Crippen LogP contribution in [0.3, 0.4) is 0 Å². The zero-order valence-electron chi connectivity index (χ0n) is 13.2. The second kappa shape index (κ2) is 7.82. The number of hydrogen-bond donors (Lipinski definition) is 1. The number of ether oxygens (including phenoxy) is 3. The van der Waals surface area contributed by atoms with Gasteiger partial charge in [0.05, 0.1) is 19.8 Å². The van der Waals surface area contributed by atoms with Crippen molar-refractivity contribution >= 4 is 18.0 Å². The summed E-state index contributed by atoms with van der Waals surface area (Å²) >= 11 is 0. The van der Waals surface area contributed by atoms with E-state index in [4.69, 9.17) is 19.3 Å². The van der Waals surface area contributed by atoms with E-state index in [1.807, 2.05) is 0 Å². The largest absolute Gasteiger partial charge is 0.497 e. The van der Waals surface area contributed by atoms with Gasteiger partial charge in [-0.3, -0.25) is 0 Å². The van der Waals surface area contributed by atoms with E-state index in [1.165, 1.54) is 13.2 Å². The number of carboxylic acids is 1. The van der Waals surface area contributed by atoms with Crippen LogP contribution in [-0.4, -0.2) is 31.3 Å². The average molecular weight is 328 g/mol. The van der Waals surface area contributed by atoms with E-state index in [9.17, 15) is 9.59 Å². The zero-order chi connectivity index (χ0) is 17.5. The smallest absolute Gasteiger partial charge is 0.343 e. The van der Waals surface area contributed by atoms with Crippen LogP contribution >= 0.6 is 0 Å². The Balaban J connectivity index is 2.18. The molecule has 24 heavy (non-hydrogen) atoms. The summed E-state index contributed by atoms with van der Waals surface area (Å²) in [6.45, 7) is 0. The van der Waals surface area contributed by atoms with Crippen molar-refractivity contribution < 1.29 is 28.9 Å². The summed E-state index contributed by atoms with van der Waals surface area (Å²) in [5.41, 5.74) is 0.978. The third kappa shape index (κ3) is 4.36. The van der Waals surface area contributed by atoms with Gasteiger partial charge in [-0.15, -0.1) is 0 Å². The fourth-order valence-electron chi connectivity index (χ4n) is 1.93. The summed E-state index contributed by atoms with van der Waals surface area (Å²) < 4.78 is 15.6. The van der Waals surface area contributed by atoms with Crippen LogP contribution in [0, 0.1) is 0 Å². The van der Waals surface area contributed by atoms with Gasteiger partial charge in [0.25, 0.3) is 0 Å². The number of benzene rings is 2. The molecule has 0 unspecified atom stereocenters. The average Bonchev–Trinajstić information content (AvgIpc) is 2.60. The highest BCUT2D eigenvalue weighted by Crippen LogP contribution is 2.29. The Bertz CT molecular complexity index is 762. The van der Waals surface area contributed by atoms with Crippen LogP contribution in [-0.2, 0) is 4.79 Å². The van der Waals surface area contributed by atoms with Gasteiger partial charge in [0, 0.05) is 6.08 Å². The second-order valence-corrected chi connectivity index (χ2v) is 4.70. The van der Waals surface area contributed by atoms with Crippen molar-refractivity contribution in [3.63, 3.8) is 0 Å². The third-order valence-corrected chi connectivity index (χ3v) is 3.13. The molecule has 0 bridgehead atoms. The molecule has 0 fully saturated rings. The number of carboxylic acid groups (broad SMARTS) is 1. The maximum Gasteiger partial charge on any atom is 0.343 e. The first-order valence-electron chi connectivity index (χ1n) is 6.98. The van der Waals surface area contributed by atoms with Crippen LogP contribution in [0.15, 0.2) is 48.5 Å². The molecule has 0 saturated heterocycles. The summed E-state index contributed by atoms with van der Waals surface area (Å²) in [6.07, 6.45) is 2.43. The molecule has 6 nitrogen and oxygen atoms in total. The molecule has 6 heteroatoms. The first-order valence-corrected chi connectivity index (χ1v) is 6.98. The molecular weight excluding hydrogens is 312 g/mol. The van der Waals surface area contributed by atoms with Crippen molar-refractivity contribution in [2.24, 2.45) is 0 Å². The predicted molar refractivity (Wildman–Crippen MR) is 87.6 cm³/mol. The molecule has 2 rings (SSSR count). The molecule has 0 spiro atoms. The normalized spacial score (nSPS) is 10.4. The lowest BCUT2D eigenvalue weighted by Crippen LogP contribution is -2.09. The molecule has 2 aromatic carbocycles. The molecule has 0 aliphatic heterocycles. The van der Waals surface area contributed by atoms with Gasteiger partial charge in [0.2, 0.25) is 0 Å². The maximum absolute atomic E-state index is 12.2. The molecule has 0 atom stereocenters. The quantitative estimate of drug-likeness (QED) is 0.499. The Morgan fingerprint density at radius 3 is 2.25 bits per heavy atom. The molecule has 2 aromatic rings. The van der Waals surface area contributed by atoms with Crippen LogP contribution < -0.4 is 14.2 Å². The Hall–Kier alpha value is -3.28. The molecular formula is C18H16O6. The predicted octanol–water partition coefficient (Wildman–Crippen LogP) is 3.02. The molecule has 0 radical (unpaired) electrons. The highest BCUT2D eigenvalue weighted by molar-refractivity contribution is 5.91. The minimum absolute atomic E-state index is 0.241. The van der Waals surface area contributed by atoms with Crippen LogP contribution in [0.5, 0.6) is 17.2 Å². The highest BCUT2D eigenvalue weighted by Gasteiger charge is 2.13. The number of carbonyl (C=O) groups is 2. The van der Waals surface area contributed by atoms with Gasteiger partial charge < -0.3 is 19.3 Å². The van der Waals surface area contributed by atoms with E-state index >= 15 is 0 Å². The van der Waals surface area contributed by atoms with Gasteiger partial charge in [0.1, 0.15) is 5.75 Å². The minimum atomic E-state index is -1.05. The van der Waals surface area contributed by atoms with Crippen molar-refractivity contribution in [2.45, 2.75) is 0 Å². The van der Waals surface area contributed by atoms with E-state index in [0.29, 0.717) is 22.6 Å². The number of carbonyl (C=O) groups excluding carboxylic acids is 1. The summed E-state index contributed by atoms with van der Waals surface area (Å²) in [7, 11) is 2.98. The SMILES string of the molecule is COc1ccc(C(=O)Oc2ccc(/C=C/C(=O)O)cc2OC)cc1. The first-order chi connectivity index (χ1) is 11.5. The number of esters is 1. The Labute approximate surface area is 138 Å². The number of methoxy groups -OCH3 is 2. The standard InChI is InChI=1S/C18H16O6/c1-22-14-7-5-13(6-8-14)18(21)24-15-9-3-12(4-10-17(19)20)11-16(15)23-2/h3-11H,1-2H3,(H,19,20)/b10-4+. The topological polar surface area (TPSA) is 82.1 Å². The lowest BCUT2D eigenvalue weighted by molar-refractivity contribution is -0.131. The number of rotatable bonds is 6. The van der Waals surface area contributed by atoms with E-state index in [2.05, 4.69) is 0 Å². The van der Waals surface area contributed by atoms with E-state index < -0.39 is 11.9 Å². The molecule has 124 valence electrons. The van der Waals surface area contributed by atoms with Gasteiger partial charge in [-0.05, 0) is 48.0 Å². The van der Waals surface area contributed by atoms with Gasteiger partial charge in [0.15, 0.2) is 11.5 Å². The van der Waals surface area contributed by atoms with Crippen LogP contribution in [0.25, 0.3) is 6.08 Å². The summed E-state index contributed by atoms with van der Waals surface area (Å²) in [4.78, 5) is 22.7. The Kier molecular flexibility index (Phi) is 5.57. The lowest BCUT2D eigenvalue weighted by Gasteiger charge is -2.10. The molecule has 0 amide bonds. The van der Waals surface area contributed by atoms with Crippen molar-refractivity contribution in [1.29, 1.82) is 0 Å².